The Hall–Kier alpha value is -1.84. The van der Waals surface area contributed by atoms with Crippen LogP contribution in [0, 0.1) is 0 Å². The molecule has 0 aliphatic carbocycles. The van der Waals surface area contributed by atoms with Crippen molar-refractivity contribution in [1.82, 2.24) is 14.5 Å². The number of rotatable bonds is 7. The zero-order valence-corrected chi connectivity index (χ0v) is 15.9. The molecule has 3 amide bonds. The fourth-order valence-electron chi connectivity index (χ4n) is 2.73. The zero-order valence-electron chi connectivity index (χ0n) is 14.4. The summed E-state index contributed by atoms with van der Waals surface area (Å²) in [6.07, 6.45) is 1.67. The number of unbranched alkanes of at least 4 members (excludes halogenated alkanes) is 1. The zero-order chi connectivity index (χ0) is 19.2. The van der Waals surface area contributed by atoms with Crippen LogP contribution in [0.4, 0.5) is 4.79 Å². The first-order chi connectivity index (χ1) is 12.3. The van der Waals surface area contributed by atoms with Gasteiger partial charge in [0, 0.05) is 44.2 Å². The lowest BCUT2D eigenvalue weighted by molar-refractivity contribution is -0.132. The molecule has 10 heteroatoms. The number of nitrogens with zero attached hydrogens (tertiary/aromatic N) is 2. The predicted octanol–water partition coefficient (Wildman–Crippen LogP) is 1.01. The number of amides is 3. The van der Waals surface area contributed by atoms with Crippen molar-refractivity contribution in [3.8, 4) is 0 Å². The molecule has 0 bridgehead atoms. The summed E-state index contributed by atoms with van der Waals surface area (Å²) < 4.78 is 26.6. The van der Waals surface area contributed by atoms with E-state index in [4.69, 9.17) is 17.3 Å². The summed E-state index contributed by atoms with van der Waals surface area (Å²) in [6.45, 7) is 1.66. The number of piperazine rings is 1. The second-order valence-corrected chi connectivity index (χ2v) is 8.36. The molecule has 8 nitrogen and oxygen atoms in total. The van der Waals surface area contributed by atoms with Crippen LogP contribution < -0.4 is 11.1 Å². The molecule has 1 fully saturated rings. The van der Waals surface area contributed by atoms with Crippen molar-refractivity contribution in [1.29, 1.82) is 0 Å². The maximum Gasteiger partial charge on any atom is 0.312 e. The smallest absolute Gasteiger partial charge is 0.312 e. The molecule has 26 heavy (non-hydrogen) atoms. The number of hydrogen-bond donors (Lipinski definition) is 2. The van der Waals surface area contributed by atoms with Gasteiger partial charge in [-0.25, -0.2) is 13.2 Å². The van der Waals surface area contributed by atoms with Crippen molar-refractivity contribution in [2.75, 3.05) is 32.7 Å². The van der Waals surface area contributed by atoms with Gasteiger partial charge in [0.2, 0.25) is 15.9 Å². The third-order valence-electron chi connectivity index (χ3n) is 4.14. The van der Waals surface area contributed by atoms with Crippen LogP contribution in [-0.2, 0) is 14.8 Å². The first-order valence-corrected chi connectivity index (χ1v) is 10.2. The minimum atomic E-state index is -3.61. The lowest BCUT2D eigenvalue weighted by atomic mass is 10.2. The largest absolute Gasteiger partial charge is 0.352 e. The monoisotopic (exact) mass is 402 g/mol. The summed E-state index contributed by atoms with van der Waals surface area (Å²) in [4.78, 5) is 24.6. The minimum absolute atomic E-state index is 0.0103. The number of nitrogens with one attached hydrogen (secondary N) is 1. The molecule has 1 aliphatic rings. The van der Waals surface area contributed by atoms with Crippen molar-refractivity contribution in [2.24, 2.45) is 5.73 Å². The van der Waals surface area contributed by atoms with Crippen molar-refractivity contribution in [2.45, 2.75) is 24.2 Å². The van der Waals surface area contributed by atoms with Crippen LogP contribution in [0.3, 0.4) is 0 Å². The highest BCUT2D eigenvalue weighted by molar-refractivity contribution is 7.89. The van der Waals surface area contributed by atoms with Crippen LogP contribution >= 0.6 is 11.6 Å². The Bertz CT molecular complexity index is 748. The minimum Gasteiger partial charge on any atom is -0.352 e. The van der Waals surface area contributed by atoms with Crippen LogP contribution in [0.2, 0.25) is 5.02 Å². The topological polar surface area (TPSA) is 113 Å². The van der Waals surface area contributed by atoms with Crippen LogP contribution in [0.25, 0.3) is 0 Å². The van der Waals surface area contributed by atoms with Gasteiger partial charge in [-0.05, 0) is 31.0 Å². The van der Waals surface area contributed by atoms with Gasteiger partial charge >= 0.3 is 6.03 Å². The van der Waals surface area contributed by atoms with E-state index in [1.165, 1.54) is 16.4 Å². The van der Waals surface area contributed by atoms with E-state index >= 15 is 0 Å². The van der Waals surface area contributed by atoms with E-state index in [1.807, 2.05) is 0 Å². The molecule has 0 aromatic heterocycles. The fourth-order valence-corrected chi connectivity index (χ4v) is 4.45. The summed E-state index contributed by atoms with van der Waals surface area (Å²) in [5.41, 5.74) is 4.96. The summed E-state index contributed by atoms with van der Waals surface area (Å²) >= 11 is 5.88. The van der Waals surface area contributed by atoms with Crippen LogP contribution in [0.1, 0.15) is 19.3 Å². The summed E-state index contributed by atoms with van der Waals surface area (Å²) in [5, 5.41) is 2.84. The third kappa shape index (κ3) is 5.58. The third-order valence-corrected chi connectivity index (χ3v) is 6.27. The van der Waals surface area contributed by atoms with Gasteiger partial charge in [0.15, 0.2) is 0 Å². The number of carbonyl (C=O) groups excluding carboxylic acids is 2. The van der Waals surface area contributed by atoms with Gasteiger partial charge in [-0.2, -0.15) is 4.31 Å². The molecule has 1 aromatic carbocycles. The number of hydrogen-bond acceptors (Lipinski definition) is 4. The van der Waals surface area contributed by atoms with E-state index in [0.29, 0.717) is 43.9 Å². The SMILES string of the molecule is NC(=O)NCCCCC(=O)N1CCN(S(=O)(=O)c2cccc(Cl)c2)CC1. The predicted molar refractivity (Wildman–Crippen MR) is 98.2 cm³/mol. The first kappa shape index (κ1) is 20.5. The number of sulfonamides is 1. The van der Waals surface area contributed by atoms with Gasteiger partial charge < -0.3 is 16.0 Å². The molecule has 1 aliphatic heterocycles. The number of carbonyl (C=O) groups is 2. The Morgan fingerprint density at radius 2 is 1.85 bits per heavy atom. The molecule has 144 valence electrons. The fraction of sp³-hybridized carbons (Fsp3) is 0.500. The molecule has 2 rings (SSSR count). The second kappa shape index (κ2) is 9.20. The van der Waals surface area contributed by atoms with E-state index in [-0.39, 0.29) is 23.9 Å². The highest BCUT2D eigenvalue weighted by Crippen LogP contribution is 2.21. The summed E-state index contributed by atoms with van der Waals surface area (Å²) in [6, 6.07) is 5.58. The highest BCUT2D eigenvalue weighted by atomic mass is 35.5. The molecule has 0 atom stereocenters. The normalized spacial score (nSPS) is 15.7. The lowest BCUT2D eigenvalue weighted by Gasteiger charge is -2.34. The molecular formula is C16H23ClN4O4S. The van der Waals surface area contributed by atoms with Crippen LogP contribution in [0.15, 0.2) is 29.2 Å². The molecule has 1 aromatic rings. The van der Waals surface area contributed by atoms with Crippen molar-refractivity contribution >= 4 is 33.6 Å². The maximum atomic E-state index is 12.6. The average molecular weight is 403 g/mol. The first-order valence-electron chi connectivity index (χ1n) is 8.37. The molecule has 0 radical (unpaired) electrons. The lowest BCUT2D eigenvalue weighted by Crippen LogP contribution is -2.50. The van der Waals surface area contributed by atoms with E-state index in [0.717, 1.165) is 0 Å². The van der Waals surface area contributed by atoms with E-state index in [1.54, 1.807) is 17.0 Å². The Balaban J connectivity index is 1.81. The molecule has 1 heterocycles. The van der Waals surface area contributed by atoms with Gasteiger partial charge in [-0.1, -0.05) is 17.7 Å². The van der Waals surface area contributed by atoms with Gasteiger partial charge in [-0.15, -0.1) is 0 Å². The molecular weight excluding hydrogens is 380 g/mol. The maximum absolute atomic E-state index is 12.6. The standard InChI is InChI=1S/C16H23ClN4O4S/c17-13-4-3-5-14(12-13)26(24,25)21-10-8-20(9-11-21)15(22)6-1-2-7-19-16(18)23/h3-5,12H,1-2,6-11H2,(H3,18,19,23). The highest BCUT2D eigenvalue weighted by Gasteiger charge is 2.29. The van der Waals surface area contributed by atoms with Gasteiger partial charge in [-0.3, -0.25) is 4.79 Å². The van der Waals surface area contributed by atoms with Crippen LogP contribution in [0.5, 0.6) is 0 Å². The number of halogens is 1. The number of nitrogens with two attached hydrogens (primary N) is 1. The Labute approximate surface area is 158 Å². The number of benzene rings is 1. The Kier molecular flexibility index (Phi) is 7.24. The van der Waals surface area contributed by atoms with Gasteiger partial charge in [0.25, 0.3) is 0 Å². The van der Waals surface area contributed by atoms with E-state index in [9.17, 15) is 18.0 Å². The van der Waals surface area contributed by atoms with E-state index < -0.39 is 16.1 Å². The van der Waals surface area contributed by atoms with E-state index in [2.05, 4.69) is 5.32 Å². The van der Waals surface area contributed by atoms with Gasteiger partial charge in [0.05, 0.1) is 4.90 Å². The average Bonchev–Trinajstić information content (AvgIpc) is 2.61. The summed E-state index contributed by atoms with van der Waals surface area (Å²) in [5.74, 6) is -0.0103. The van der Waals surface area contributed by atoms with Crippen molar-refractivity contribution < 1.29 is 18.0 Å². The van der Waals surface area contributed by atoms with Crippen molar-refractivity contribution in [3.05, 3.63) is 29.3 Å². The molecule has 1 saturated heterocycles. The molecule has 3 N–H and O–H groups in total. The number of urea groups is 1. The second-order valence-electron chi connectivity index (χ2n) is 5.99. The molecule has 0 spiro atoms. The molecule has 0 saturated carbocycles. The van der Waals surface area contributed by atoms with Crippen molar-refractivity contribution in [3.63, 3.8) is 0 Å². The Morgan fingerprint density at radius 1 is 1.15 bits per heavy atom. The van der Waals surface area contributed by atoms with Crippen LogP contribution in [-0.4, -0.2) is 62.3 Å². The molecule has 0 unspecified atom stereocenters. The summed E-state index contributed by atoms with van der Waals surface area (Å²) in [7, 11) is -3.61. The quantitative estimate of drug-likeness (QED) is 0.662. The van der Waals surface area contributed by atoms with Gasteiger partial charge in [0.1, 0.15) is 0 Å². The Morgan fingerprint density at radius 3 is 2.46 bits per heavy atom. The number of primary amides is 1.